The monoisotopic (exact) mass is 370 g/mol. The van der Waals surface area contributed by atoms with Gasteiger partial charge in [0.1, 0.15) is 0 Å². The minimum absolute atomic E-state index is 0.206. The number of carboxylic acid groups (broad SMARTS) is 1. The van der Waals surface area contributed by atoms with Crippen molar-refractivity contribution in [3.63, 3.8) is 0 Å². The number of aliphatic carboxylic acids is 1. The molecule has 0 aliphatic heterocycles. The van der Waals surface area contributed by atoms with Crippen molar-refractivity contribution in [2.45, 2.75) is 50.9 Å². The molecule has 6 nitrogen and oxygen atoms in total. The summed E-state index contributed by atoms with van der Waals surface area (Å²) >= 11 is 0. The number of fused-ring (bicyclic) bond motifs is 1. The number of hydrogen-bond donors (Lipinski definition) is 3. The van der Waals surface area contributed by atoms with Crippen molar-refractivity contribution in [3.05, 3.63) is 48.0 Å². The highest BCUT2D eigenvalue weighted by molar-refractivity contribution is 5.86. The number of amides is 1. The number of carbonyl (C=O) groups excluding carboxylic acids is 1. The molecule has 2 atom stereocenters. The van der Waals surface area contributed by atoms with Gasteiger partial charge in [0.25, 0.3) is 0 Å². The molecule has 1 fully saturated rings. The number of aliphatic hydroxyl groups is 1. The second kappa shape index (κ2) is 8.50. The molecule has 1 amide bonds. The van der Waals surface area contributed by atoms with E-state index in [0.29, 0.717) is 12.6 Å². The fourth-order valence-corrected chi connectivity index (χ4v) is 3.36. The molecule has 1 aliphatic rings. The molecule has 0 saturated heterocycles. The Balaban J connectivity index is 1.63. The smallest absolute Gasteiger partial charge is 0.328 e. The zero-order chi connectivity index (χ0) is 19.4. The minimum Gasteiger partial charge on any atom is -0.480 e. The lowest BCUT2D eigenvalue weighted by Gasteiger charge is -2.23. The van der Waals surface area contributed by atoms with Crippen LogP contribution in [0.25, 0.3) is 10.8 Å². The predicted molar refractivity (Wildman–Crippen MR) is 103 cm³/mol. The number of nitrogens with one attached hydrogen (secondary N) is 1. The Morgan fingerprint density at radius 1 is 1.19 bits per heavy atom. The molecular weight excluding hydrogens is 344 g/mol. The Bertz CT molecular complexity index is 811. The summed E-state index contributed by atoms with van der Waals surface area (Å²) in [6, 6.07) is 13.7. The summed E-state index contributed by atoms with van der Waals surface area (Å²) in [6.45, 7) is 2.68. The first kappa shape index (κ1) is 19.3. The molecule has 3 N–H and O–H groups in total. The number of carboxylic acids is 1. The molecule has 0 radical (unpaired) electrons. The molecule has 0 spiro atoms. The first-order valence-corrected chi connectivity index (χ1v) is 9.36. The molecule has 0 aromatic heterocycles. The van der Waals surface area contributed by atoms with Crippen LogP contribution < -0.4 is 5.32 Å². The SMILES string of the molecule is CC(O)C(NC(=O)CCN(Cc1cccc2ccccc12)C1CC1)C(=O)O. The van der Waals surface area contributed by atoms with Gasteiger partial charge in [-0.3, -0.25) is 9.69 Å². The molecular formula is C21H26N2O4. The van der Waals surface area contributed by atoms with Crippen LogP contribution in [0, 0.1) is 0 Å². The molecule has 2 unspecified atom stereocenters. The van der Waals surface area contributed by atoms with Crippen LogP contribution in [0.15, 0.2) is 42.5 Å². The average molecular weight is 370 g/mol. The Morgan fingerprint density at radius 2 is 1.89 bits per heavy atom. The van der Waals surface area contributed by atoms with Gasteiger partial charge in [0.05, 0.1) is 6.10 Å². The lowest BCUT2D eigenvalue weighted by atomic mass is 10.0. The van der Waals surface area contributed by atoms with Crippen LogP contribution in [0.5, 0.6) is 0 Å². The lowest BCUT2D eigenvalue weighted by molar-refractivity contribution is -0.144. The fourth-order valence-electron chi connectivity index (χ4n) is 3.36. The summed E-state index contributed by atoms with van der Waals surface area (Å²) < 4.78 is 0. The standard InChI is InChI=1S/C21H26N2O4/c1-14(24)20(21(26)27)22-19(25)11-12-23(17-9-10-17)13-16-7-4-6-15-5-2-3-8-18(15)16/h2-8,14,17,20,24H,9-13H2,1H3,(H,22,25)(H,26,27). The normalized spacial score (nSPS) is 16.3. The van der Waals surface area contributed by atoms with Crippen molar-refractivity contribution in [2.75, 3.05) is 6.54 Å². The average Bonchev–Trinajstić information content (AvgIpc) is 3.48. The quantitative estimate of drug-likeness (QED) is 0.629. The van der Waals surface area contributed by atoms with E-state index in [1.807, 2.05) is 12.1 Å². The van der Waals surface area contributed by atoms with Gasteiger partial charge in [-0.1, -0.05) is 42.5 Å². The van der Waals surface area contributed by atoms with Gasteiger partial charge in [0.15, 0.2) is 6.04 Å². The lowest BCUT2D eigenvalue weighted by Crippen LogP contribution is -2.48. The van der Waals surface area contributed by atoms with E-state index in [0.717, 1.165) is 19.4 Å². The van der Waals surface area contributed by atoms with Gasteiger partial charge in [-0.05, 0) is 36.1 Å². The van der Waals surface area contributed by atoms with Crippen LogP contribution in [0.2, 0.25) is 0 Å². The third kappa shape index (κ3) is 5.05. The van der Waals surface area contributed by atoms with E-state index >= 15 is 0 Å². The number of nitrogens with zero attached hydrogens (tertiary/aromatic N) is 1. The number of aliphatic hydroxyl groups excluding tert-OH is 1. The maximum Gasteiger partial charge on any atom is 0.328 e. The molecule has 2 aromatic rings. The van der Waals surface area contributed by atoms with Crippen molar-refractivity contribution in [3.8, 4) is 0 Å². The summed E-state index contributed by atoms with van der Waals surface area (Å²) in [5, 5.41) is 23.4. The van der Waals surface area contributed by atoms with Crippen LogP contribution in [-0.4, -0.2) is 51.7 Å². The molecule has 0 bridgehead atoms. The Kier molecular flexibility index (Phi) is 6.08. The number of benzene rings is 2. The summed E-state index contributed by atoms with van der Waals surface area (Å²) in [7, 11) is 0. The molecule has 1 saturated carbocycles. The molecule has 27 heavy (non-hydrogen) atoms. The van der Waals surface area contributed by atoms with Gasteiger partial charge in [0, 0.05) is 25.6 Å². The third-order valence-electron chi connectivity index (χ3n) is 5.01. The van der Waals surface area contributed by atoms with Gasteiger partial charge in [-0.25, -0.2) is 4.79 Å². The molecule has 2 aromatic carbocycles. The van der Waals surface area contributed by atoms with E-state index in [1.54, 1.807) is 0 Å². The Hall–Kier alpha value is -2.44. The van der Waals surface area contributed by atoms with E-state index in [1.165, 1.54) is 23.3 Å². The van der Waals surface area contributed by atoms with Gasteiger partial charge >= 0.3 is 5.97 Å². The largest absolute Gasteiger partial charge is 0.480 e. The first-order chi connectivity index (χ1) is 13.0. The zero-order valence-corrected chi connectivity index (χ0v) is 15.5. The second-order valence-electron chi connectivity index (χ2n) is 7.21. The third-order valence-corrected chi connectivity index (χ3v) is 5.01. The summed E-state index contributed by atoms with van der Waals surface area (Å²) in [6.07, 6.45) is 1.31. The van der Waals surface area contributed by atoms with Crippen LogP contribution in [0.4, 0.5) is 0 Å². The van der Waals surface area contributed by atoms with Crippen molar-refractivity contribution in [1.29, 1.82) is 0 Å². The van der Waals surface area contributed by atoms with Gasteiger partial charge in [-0.15, -0.1) is 0 Å². The second-order valence-corrected chi connectivity index (χ2v) is 7.21. The van der Waals surface area contributed by atoms with Crippen molar-refractivity contribution >= 4 is 22.6 Å². The molecule has 6 heteroatoms. The zero-order valence-electron chi connectivity index (χ0n) is 15.5. The minimum atomic E-state index is -1.27. The molecule has 144 valence electrons. The molecule has 1 aliphatic carbocycles. The highest BCUT2D eigenvalue weighted by Crippen LogP contribution is 2.30. The van der Waals surface area contributed by atoms with E-state index in [2.05, 4.69) is 40.5 Å². The fraction of sp³-hybridized carbons (Fsp3) is 0.429. The number of rotatable bonds is 9. The van der Waals surface area contributed by atoms with Gasteiger partial charge < -0.3 is 15.5 Å². The molecule has 0 heterocycles. The van der Waals surface area contributed by atoms with E-state index in [9.17, 15) is 14.7 Å². The van der Waals surface area contributed by atoms with Crippen molar-refractivity contribution in [1.82, 2.24) is 10.2 Å². The summed E-state index contributed by atoms with van der Waals surface area (Å²) in [5.41, 5.74) is 1.23. The predicted octanol–water partition coefficient (Wildman–Crippen LogP) is 2.14. The van der Waals surface area contributed by atoms with E-state index in [4.69, 9.17) is 5.11 Å². The van der Waals surface area contributed by atoms with Crippen LogP contribution in [0.3, 0.4) is 0 Å². The van der Waals surface area contributed by atoms with Crippen molar-refractivity contribution < 1.29 is 19.8 Å². The summed E-state index contributed by atoms with van der Waals surface area (Å²) in [5.74, 6) is -1.58. The maximum absolute atomic E-state index is 12.2. The van der Waals surface area contributed by atoms with Gasteiger partial charge in [0.2, 0.25) is 5.91 Å². The Morgan fingerprint density at radius 3 is 2.56 bits per heavy atom. The topological polar surface area (TPSA) is 89.9 Å². The highest BCUT2D eigenvalue weighted by atomic mass is 16.4. The first-order valence-electron chi connectivity index (χ1n) is 9.36. The van der Waals surface area contributed by atoms with Crippen LogP contribution >= 0.6 is 0 Å². The summed E-state index contributed by atoms with van der Waals surface area (Å²) in [4.78, 5) is 25.6. The molecule has 3 rings (SSSR count). The van der Waals surface area contributed by atoms with Crippen LogP contribution in [0.1, 0.15) is 31.7 Å². The van der Waals surface area contributed by atoms with Gasteiger partial charge in [-0.2, -0.15) is 0 Å². The van der Waals surface area contributed by atoms with Crippen LogP contribution in [-0.2, 0) is 16.1 Å². The maximum atomic E-state index is 12.2. The van der Waals surface area contributed by atoms with Crippen molar-refractivity contribution in [2.24, 2.45) is 0 Å². The number of carbonyl (C=O) groups is 2. The van der Waals surface area contributed by atoms with E-state index < -0.39 is 18.1 Å². The number of hydrogen-bond acceptors (Lipinski definition) is 4. The Labute approximate surface area is 158 Å². The highest BCUT2D eigenvalue weighted by Gasteiger charge is 2.30. The van der Waals surface area contributed by atoms with E-state index in [-0.39, 0.29) is 12.3 Å².